The molecule has 1 aliphatic heterocycles. The Hall–Kier alpha value is -1.67. The van der Waals surface area contributed by atoms with Crippen LogP contribution in [0.3, 0.4) is 0 Å². The molecule has 0 radical (unpaired) electrons. The average Bonchev–Trinajstić information content (AvgIpc) is 2.46. The maximum Gasteiger partial charge on any atom is 0.339 e. The van der Waals surface area contributed by atoms with Gasteiger partial charge in [-0.25, -0.2) is 22.9 Å². The largest absolute Gasteiger partial charge is 0.462 e. The number of aromatic nitrogens is 1. The van der Waals surface area contributed by atoms with E-state index in [2.05, 4.69) is 9.71 Å². The lowest BCUT2D eigenvalue weighted by Gasteiger charge is -2.33. The molecule has 2 heterocycles. The third kappa shape index (κ3) is 4.67. The monoisotopic (exact) mass is 327 g/mol. The number of esters is 1. The zero-order valence-electron chi connectivity index (χ0n) is 12.8. The van der Waals surface area contributed by atoms with Gasteiger partial charge in [-0.1, -0.05) is 0 Å². The summed E-state index contributed by atoms with van der Waals surface area (Å²) in [6.07, 6.45) is 4.35. The summed E-state index contributed by atoms with van der Waals surface area (Å²) in [6, 6.07) is 3.32. The van der Waals surface area contributed by atoms with Crippen molar-refractivity contribution in [2.45, 2.75) is 25.8 Å². The number of sulfonamides is 1. The molecule has 0 aliphatic carbocycles. The van der Waals surface area contributed by atoms with Crippen molar-refractivity contribution in [3.05, 3.63) is 23.9 Å². The summed E-state index contributed by atoms with van der Waals surface area (Å²) in [4.78, 5) is 17.9. The van der Waals surface area contributed by atoms with E-state index in [0.717, 1.165) is 25.2 Å². The molecule has 1 aromatic heterocycles. The van der Waals surface area contributed by atoms with Gasteiger partial charge in [-0.3, -0.25) is 0 Å². The van der Waals surface area contributed by atoms with Crippen molar-refractivity contribution >= 4 is 21.8 Å². The molecule has 1 saturated heterocycles. The standard InChI is InChI=1S/C14H21N3O4S/c1-3-21-14(18)11-6-7-13(15-9-11)17-8-4-5-12(10-17)16-22(2,19)20/h6-7,9,12,16H,3-5,8,10H2,1-2H3. The van der Waals surface area contributed by atoms with Gasteiger partial charge in [0.15, 0.2) is 0 Å². The van der Waals surface area contributed by atoms with E-state index in [9.17, 15) is 13.2 Å². The molecule has 1 atom stereocenters. The molecular formula is C14H21N3O4S. The summed E-state index contributed by atoms with van der Waals surface area (Å²) in [6.45, 7) is 3.46. The van der Waals surface area contributed by atoms with E-state index in [0.29, 0.717) is 18.7 Å². The van der Waals surface area contributed by atoms with E-state index in [1.54, 1.807) is 19.1 Å². The first-order valence-electron chi connectivity index (χ1n) is 7.24. The number of carbonyl (C=O) groups is 1. The molecule has 7 nitrogen and oxygen atoms in total. The number of carbonyl (C=O) groups excluding carboxylic acids is 1. The van der Waals surface area contributed by atoms with Crippen LogP contribution in [0.4, 0.5) is 5.82 Å². The molecule has 8 heteroatoms. The van der Waals surface area contributed by atoms with Crippen molar-refractivity contribution < 1.29 is 17.9 Å². The maximum absolute atomic E-state index is 11.6. The molecule has 0 amide bonds. The minimum atomic E-state index is -3.21. The van der Waals surface area contributed by atoms with Crippen LogP contribution in [0.15, 0.2) is 18.3 Å². The number of rotatable bonds is 5. The van der Waals surface area contributed by atoms with Crippen LogP contribution < -0.4 is 9.62 Å². The van der Waals surface area contributed by atoms with E-state index in [-0.39, 0.29) is 6.04 Å². The second kappa shape index (κ2) is 7.06. The van der Waals surface area contributed by atoms with E-state index in [4.69, 9.17) is 4.74 Å². The Kier molecular flexibility index (Phi) is 5.36. The zero-order chi connectivity index (χ0) is 16.2. The average molecular weight is 327 g/mol. The molecule has 0 bridgehead atoms. The molecule has 0 spiro atoms. The summed E-state index contributed by atoms with van der Waals surface area (Å²) in [5, 5.41) is 0. The van der Waals surface area contributed by atoms with Gasteiger partial charge < -0.3 is 9.64 Å². The number of anilines is 1. The number of hydrogen-bond donors (Lipinski definition) is 1. The molecule has 2 rings (SSSR count). The van der Waals surface area contributed by atoms with Crippen LogP contribution in [0, 0.1) is 0 Å². The van der Waals surface area contributed by atoms with E-state index in [1.807, 2.05) is 4.90 Å². The van der Waals surface area contributed by atoms with E-state index >= 15 is 0 Å². The van der Waals surface area contributed by atoms with Crippen LogP contribution >= 0.6 is 0 Å². The smallest absolute Gasteiger partial charge is 0.339 e. The number of piperidine rings is 1. The Morgan fingerprint density at radius 1 is 1.50 bits per heavy atom. The van der Waals surface area contributed by atoms with Crippen molar-refractivity contribution in [2.75, 3.05) is 30.9 Å². The predicted molar refractivity (Wildman–Crippen MR) is 83.4 cm³/mol. The number of ether oxygens (including phenoxy) is 1. The van der Waals surface area contributed by atoms with Gasteiger partial charge in [0.2, 0.25) is 10.0 Å². The van der Waals surface area contributed by atoms with E-state index in [1.165, 1.54) is 12.5 Å². The summed E-state index contributed by atoms with van der Waals surface area (Å²) in [5.41, 5.74) is 0.411. The summed E-state index contributed by atoms with van der Waals surface area (Å²) < 4.78 is 30.2. The van der Waals surface area contributed by atoms with Crippen molar-refractivity contribution in [2.24, 2.45) is 0 Å². The lowest BCUT2D eigenvalue weighted by atomic mass is 10.1. The molecule has 0 saturated carbocycles. The third-order valence-electron chi connectivity index (χ3n) is 3.39. The highest BCUT2D eigenvalue weighted by Crippen LogP contribution is 2.18. The van der Waals surface area contributed by atoms with Crippen LogP contribution in [0.5, 0.6) is 0 Å². The highest BCUT2D eigenvalue weighted by molar-refractivity contribution is 7.88. The molecule has 22 heavy (non-hydrogen) atoms. The fourth-order valence-corrected chi connectivity index (χ4v) is 3.29. The first-order chi connectivity index (χ1) is 10.4. The predicted octanol–water partition coefficient (Wildman–Crippen LogP) is 0.776. The van der Waals surface area contributed by atoms with Gasteiger partial charge in [0.25, 0.3) is 0 Å². The molecular weight excluding hydrogens is 306 g/mol. The number of nitrogens with one attached hydrogen (secondary N) is 1. The highest BCUT2D eigenvalue weighted by atomic mass is 32.2. The molecule has 1 aliphatic rings. The molecule has 1 unspecified atom stereocenters. The topological polar surface area (TPSA) is 88.6 Å². The van der Waals surface area contributed by atoms with Crippen LogP contribution in [0.2, 0.25) is 0 Å². The number of nitrogens with zero attached hydrogens (tertiary/aromatic N) is 2. The van der Waals surface area contributed by atoms with Crippen molar-refractivity contribution in [1.82, 2.24) is 9.71 Å². The lowest BCUT2D eigenvalue weighted by molar-refractivity contribution is 0.0526. The van der Waals surface area contributed by atoms with Gasteiger partial charge in [-0.15, -0.1) is 0 Å². The van der Waals surface area contributed by atoms with Gasteiger partial charge in [-0.05, 0) is 31.9 Å². The first kappa shape index (κ1) is 16.7. The van der Waals surface area contributed by atoms with Crippen LogP contribution in [0.25, 0.3) is 0 Å². The normalized spacial score (nSPS) is 19.0. The molecule has 1 fully saturated rings. The maximum atomic E-state index is 11.6. The molecule has 122 valence electrons. The quantitative estimate of drug-likeness (QED) is 0.804. The fraction of sp³-hybridized carbons (Fsp3) is 0.571. The Bertz CT molecular complexity index is 615. The molecule has 1 N–H and O–H groups in total. The third-order valence-corrected chi connectivity index (χ3v) is 4.15. The molecule has 1 aromatic rings. The molecule has 0 aromatic carbocycles. The Balaban J connectivity index is 2.03. The zero-order valence-corrected chi connectivity index (χ0v) is 13.6. The van der Waals surface area contributed by atoms with Crippen LogP contribution in [0.1, 0.15) is 30.1 Å². The van der Waals surface area contributed by atoms with Gasteiger partial charge in [0.1, 0.15) is 5.82 Å². The minimum Gasteiger partial charge on any atom is -0.462 e. The van der Waals surface area contributed by atoms with Crippen molar-refractivity contribution in [1.29, 1.82) is 0 Å². The first-order valence-corrected chi connectivity index (χ1v) is 9.13. The Labute approximate surface area is 130 Å². The lowest BCUT2D eigenvalue weighted by Crippen LogP contribution is -2.47. The second-order valence-electron chi connectivity index (χ2n) is 5.30. The summed E-state index contributed by atoms with van der Waals surface area (Å²) in [5.74, 6) is 0.338. The summed E-state index contributed by atoms with van der Waals surface area (Å²) in [7, 11) is -3.21. The Morgan fingerprint density at radius 2 is 2.27 bits per heavy atom. The fourth-order valence-electron chi connectivity index (χ4n) is 2.49. The SMILES string of the molecule is CCOC(=O)c1ccc(N2CCCC(NS(C)(=O)=O)C2)nc1. The minimum absolute atomic E-state index is 0.115. The second-order valence-corrected chi connectivity index (χ2v) is 7.08. The van der Waals surface area contributed by atoms with Crippen LogP contribution in [-0.2, 0) is 14.8 Å². The van der Waals surface area contributed by atoms with Crippen molar-refractivity contribution in [3.63, 3.8) is 0 Å². The Morgan fingerprint density at radius 3 is 2.86 bits per heavy atom. The number of pyridine rings is 1. The highest BCUT2D eigenvalue weighted by Gasteiger charge is 2.23. The van der Waals surface area contributed by atoms with Crippen LogP contribution in [-0.4, -0.2) is 51.4 Å². The van der Waals surface area contributed by atoms with E-state index < -0.39 is 16.0 Å². The van der Waals surface area contributed by atoms with Gasteiger partial charge in [-0.2, -0.15) is 0 Å². The summed E-state index contributed by atoms with van der Waals surface area (Å²) >= 11 is 0. The van der Waals surface area contributed by atoms with Gasteiger partial charge >= 0.3 is 5.97 Å². The van der Waals surface area contributed by atoms with Gasteiger partial charge in [0.05, 0.1) is 18.4 Å². The number of hydrogen-bond acceptors (Lipinski definition) is 6. The van der Waals surface area contributed by atoms with Crippen molar-refractivity contribution in [3.8, 4) is 0 Å². The van der Waals surface area contributed by atoms with Gasteiger partial charge in [0, 0.05) is 25.3 Å².